The third kappa shape index (κ3) is 5.23. The summed E-state index contributed by atoms with van der Waals surface area (Å²) in [5, 5.41) is 2.31. The fourth-order valence-corrected chi connectivity index (χ4v) is 4.17. The molecule has 3 rings (SSSR count). The molecule has 0 aliphatic carbocycles. The lowest BCUT2D eigenvalue weighted by molar-refractivity contribution is -0.138. The fraction of sp³-hybridized carbons (Fsp3) is 0.450. The first-order valence-electron chi connectivity index (χ1n) is 9.82. The van der Waals surface area contributed by atoms with Gasteiger partial charge in [-0.15, -0.1) is 0 Å². The molecule has 180 valence electrons. The van der Waals surface area contributed by atoms with Crippen LogP contribution in [0.5, 0.6) is 0 Å². The number of amides is 1. The number of carbonyl (C=O) groups is 1. The minimum Gasteiger partial charge on any atom is -0.355 e. The Hall–Kier alpha value is -2.83. The summed E-state index contributed by atoms with van der Waals surface area (Å²) in [6.45, 7) is 2.06. The molecule has 2 aromatic rings. The zero-order valence-electron chi connectivity index (χ0n) is 18.0. The number of piperidine rings is 1. The first-order chi connectivity index (χ1) is 15.1. The van der Waals surface area contributed by atoms with E-state index in [0.717, 1.165) is 13.2 Å². The fourth-order valence-electron chi connectivity index (χ4n) is 3.56. The summed E-state index contributed by atoms with van der Waals surface area (Å²) in [5.41, 5.74) is -1.86. The Bertz CT molecular complexity index is 1180. The predicted octanol–water partition coefficient (Wildman–Crippen LogP) is 4.57. The van der Waals surface area contributed by atoms with Crippen LogP contribution in [0.25, 0.3) is 0 Å². The van der Waals surface area contributed by atoms with Gasteiger partial charge in [0.1, 0.15) is 10.8 Å². The zero-order valence-corrected chi connectivity index (χ0v) is 18.8. The molecule has 1 fully saturated rings. The molecular weight excluding hydrogens is 469 g/mol. The highest BCUT2D eigenvalue weighted by molar-refractivity contribution is 7.91. The predicted molar refractivity (Wildman–Crippen MR) is 112 cm³/mol. The van der Waals surface area contributed by atoms with Gasteiger partial charge >= 0.3 is 6.18 Å². The number of nitrogens with one attached hydrogen (secondary N) is 2. The largest absolute Gasteiger partial charge is 0.418 e. The van der Waals surface area contributed by atoms with Crippen LogP contribution in [0.1, 0.15) is 34.8 Å². The number of hydrogen-bond donors (Lipinski definition) is 2. The highest BCUT2D eigenvalue weighted by atomic mass is 32.2. The number of pyridine rings is 2. The maximum atomic E-state index is 13.9. The Morgan fingerprint density at radius 3 is 2.58 bits per heavy atom. The summed E-state index contributed by atoms with van der Waals surface area (Å²) in [7, 11) is -3.21. The second-order valence-corrected chi connectivity index (χ2v) is 10.1. The molecular formula is C20H22F5N5O2S. The zero-order chi connectivity index (χ0) is 24.8. The first kappa shape index (κ1) is 24.8. The number of carbonyl (C=O) groups excluding carboxylic acids is 1. The van der Waals surface area contributed by atoms with Gasteiger partial charge in [0.15, 0.2) is 0 Å². The third-order valence-electron chi connectivity index (χ3n) is 5.47. The highest BCUT2D eigenvalue weighted by Crippen LogP contribution is 2.39. The van der Waals surface area contributed by atoms with E-state index in [1.54, 1.807) is 0 Å². The van der Waals surface area contributed by atoms with E-state index >= 15 is 0 Å². The quantitative estimate of drug-likeness (QED) is 0.611. The van der Waals surface area contributed by atoms with E-state index < -0.39 is 56.8 Å². The van der Waals surface area contributed by atoms with Crippen molar-refractivity contribution in [3.8, 4) is 0 Å². The first-order valence-corrected chi connectivity index (χ1v) is 11.8. The Labute approximate surface area is 187 Å². The third-order valence-corrected chi connectivity index (χ3v) is 6.49. The van der Waals surface area contributed by atoms with Crippen molar-refractivity contribution in [1.29, 1.82) is 4.78 Å². The number of aromatic nitrogens is 2. The van der Waals surface area contributed by atoms with E-state index in [4.69, 9.17) is 4.78 Å². The van der Waals surface area contributed by atoms with E-state index in [1.165, 1.54) is 30.2 Å². The second-order valence-electron chi connectivity index (χ2n) is 8.03. The molecule has 2 aromatic heterocycles. The summed E-state index contributed by atoms with van der Waals surface area (Å²) >= 11 is 0. The van der Waals surface area contributed by atoms with Gasteiger partial charge < -0.3 is 10.2 Å². The van der Waals surface area contributed by atoms with Gasteiger partial charge in [0.25, 0.3) is 11.8 Å². The average Bonchev–Trinajstić information content (AvgIpc) is 2.68. The Kier molecular flexibility index (Phi) is 6.39. The van der Waals surface area contributed by atoms with Crippen molar-refractivity contribution in [1.82, 2.24) is 9.97 Å². The monoisotopic (exact) mass is 491 g/mol. The van der Waals surface area contributed by atoms with E-state index in [0.29, 0.717) is 6.20 Å². The van der Waals surface area contributed by atoms with Crippen LogP contribution in [0.3, 0.4) is 0 Å². The molecule has 2 N–H and O–H groups in total. The summed E-state index contributed by atoms with van der Waals surface area (Å²) in [5.74, 6) is -5.11. The number of alkyl halides is 5. The lowest BCUT2D eigenvalue weighted by Gasteiger charge is -2.38. The molecule has 1 saturated heterocycles. The van der Waals surface area contributed by atoms with Gasteiger partial charge in [-0.05, 0) is 24.6 Å². The Morgan fingerprint density at radius 2 is 2.00 bits per heavy atom. The summed E-state index contributed by atoms with van der Waals surface area (Å²) in [4.78, 5) is 22.2. The summed E-state index contributed by atoms with van der Waals surface area (Å²) < 4.78 is 87.9. The van der Waals surface area contributed by atoms with Crippen molar-refractivity contribution in [3.63, 3.8) is 0 Å². The van der Waals surface area contributed by atoms with Gasteiger partial charge in [0.05, 0.1) is 20.9 Å². The van der Waals surface area contributed by atoms with Gasteiger partial charge in [-0.25, -0.2) is 27.7 Å². The van der Waals surface area contributed by atoms with Gasteiger partial charge in [-0.2, -0.15) is 13.2 Å². The SMILES string of the molecule is Cc1c(C(F)(F)F)cnc(N2CCC(F)(F)[C@H](C)C2)c1C(=O)Nc1ccnc([S@](C)(=N)=O)c1. The summed E-state index contributed by atoms with van der Waals surface area (Å²) in [6.07, 6.45) is -2.38. The molecule has 1 aliphatic heterocycles. The molecule has 0 aromatic carbocycles. The molecule has 2 atom stereocenters. The molecule has 0 spiro atoms. The molecule has 1 aliphatic rings. The number of nitrogens with zero attached hydrogens (tertiary/aromatic N) is 3. The minimum absolute atomic E-state index is 0.0631. The van der Waals surface area contributed by atoms with Gasteiger partial charge in [0.2, 0.25) is 0 Å². The Morgan fingerprint density at radius 1 is 1.33 bits per heavy atom. The molecule has 7 nitrogen and oxygen atoms in total. The number of anilines is 2. The topological polar surface area (TPSA) is 99.0 Å². The minimum atomic E-state index is -4.78. The molecule has 3 heterocycles. The molecule has 33 heavy (non-hydrogen) atoms. The van der Waals surface area contributed by atoms with Crippen molar-refractivity contribution < 1.29 is 31.0 Å². The molecule has 13 heteroatoms. The van der Waals surface area contributed by atoms with Crippen LogP contribution in [0.4, 0.5) is 33.5 Å². The lowest BCUT2D eigenvalue weighted by Crippen LogP contribution is -2.47. The van der Waals surface area contributed by atoms with E-state index in [2.05, 4.69) is 15.3 Å². The molecule has 0 radical (unpaired) electrons. The van der Waals surface area contributed by atoms with Gasteiger partial charge in [-0.1, -0.05) is 6.92 Å². The molecule has 0 unspecified atom stereocenters. The normalized spacial score (nSPS) is 20.2. The lowest BCUT2D eigenvalue weighted by atomic mass is 9.94. The van der Waals surface area contributed by atoms with Crippen LogP contribution in [-0.4, -0.2) is 45.4 Å². The maximum absolute atomic E-state index is 13.9. The van der Waals surface area contributed by atoms with Crippen LogP contribution in [0.2, 0.25) is 0 Å². The Balaban J connectivity index is 2.06. The molecule has 0 saturated carbocycles. The van der Waals surface area contributed by atoms with Crippen molar-refractivity contribution in [2.24, 2.45) is 5.92 Å². The number of rotatable bonds is 4. The average molecular weight is 491 g/mol. The maximum Gasteiger partial charge on any atom is 0.418 e. The molecule has 1 amide bonds. The van der Waals surface area contributed by atoms with Crippen LogP contribution in [-0.2, 0) is 15.9 Å². The standard InChI is InChI=1S/C20H22F5N5O2S/c1-11-10-30(7-5-19(11,21)22)17-16(12(2)14(9-28-17)20(23,24)25)18(31)29-13-4-6-27-15(8-13)33(3,26)32/h4,6,8-9,11,26H,5,7,10H2,1-3H3,(H,27,29,31)/t11-,33-/m1/s1. The van der Waals surface area contributed by atoms with Crippen LogP contribution >= 0.6 is 0 Å². The van der Waals surface area contributed by atoms with Crippen molar-refractivity contribution in [2.45, 2.75) is 37.4 Å². The van der Waals surface area contributed by atoms with Crippen LogP contribution in [0, 0.1) is 17.6 Å². The number of halogens is 5. The van der Waals surface area contributed by atoms with Crippen molar-refractivity contribution in [3.05, 3.63) is 41.2 Å². The van der Waals surface area contributed by atoms with E-state index in [1.807, 2.05) is 0 Å². The van der Waals surface area contributed by atoms with Crippen molar-refractivity contribution in [2.75, 3.05) is 29.6 Å². The highest BCUT2D eigenvalue weighted by Gasteiger charge is 2.43. The second kappa shape index (κ2) is 8.50. The number of hydrogen-bond acceptors (Lipinski definition) is 6. The van der Waals surface area contributed by atoms with Crippen LogP contribution in [0.15, 0.2) is 29.6 Å². The smallest absolute Gasteiger partial charge is 0.355 e. The molecule has 0 bridgehead atoms. The van der Waals surface area contributed by atoms with E-state index in [-0.39, 0.29) is 29.6 Å². The summed E-state index contributed by atoms with van der Waals surface area (Å²) in [6, 6.07) is 2.51. The van der Waals surface area contributed by atoms with E-state index in [9.17, 15) is 31.0 Å². The van der Waals surface area contributed by atoms with Gasteiger partial charge in [0, 0.05) is 49.8 Å². The van der Waals surface area contributed by atoms with Crippen LogP contribution < -0.4 is 10.2 Å². The van der Waals surface area contributed by atoms with Crippen molar-refractivity contribution >= 4 is 27.1 Å². The van der Waals surface area contributed by atoms with Gasteiger partial charge in [-0.3, -0.25) is 4.79 Å².